The summed E-state index contributed by atoms with van der Waals surface area (Å²) in [6.45, 7) is 1.93. The first-order chi connectivity index (χ1) is 15.8. The first kappa shape index (κ1) is 21.3. The number of nitrogens with zero attached hydrogens (tertiary/aromatic N) is 2. The fourth-order valence-corrected chi connectivity index (χ4v) is 4.99. The molecule has 164 valence electrons. The highest BCUT2D eigenvalue weighted by molar-refractivity contribution is 7.22. The minimum Gasteiger partial charge on any atom is -0.507 e. The number of rotatable bonds is 3. The van der Waals surface area contributed by atoms with Gasteiger partial charge in [0.2, 0.25) is 0 Å². The number of aliphatic hydroxyl groups is 1. The molecule has 1 N–H and O–H groups in total. The maximum Gasteiger partial charge on any atom is 0.301 e. The van der Waals surface area contributed by atoms with Crippen LogP contribution in [0.5, 0.6) is 0 Å². The van der Waals surface area contributed by atoms with E-state index in [1.165, 1.54) is 23.1 Å². The normalized spacial score (nSPS) is 17.8. The van der Waals surface area contributed by atoms with Crippen LogP contribution >= 0.6 is 22.9 Å². The van der Waals surface area contributed by atoms with E-state index >= 15 is 0 Å². The number of aryl methyl sites for hydroxylation is 1. The third kappa shape index (κ3) is 3.69. The summed E-state index contributed by atoms with van der Waals surface area (Å²) in [5.74, 6) is -2.35. The number of hydrogen-bond donors (Lipinski definition) is 1. The fourth-order valence-electron chi connectivity index (χ4n) is 3.85. The van der Waals surface area contributed by atoms with Gasteiger partial charge >= 0.3 is 5.91 Å². The molecule has 8 heteroatoms. The molecule has 5 rings (SSSR count). The van der Waals surface area contributed by atoms with E-state index in [1.807, 2.05) is 19.1 Å². The lowest BCUT2D eigenvalue weighted by atomic mass is 9.95. The van der Waals surface area contributed by atoms with Crippen molar-refractivity contribution in [1.82, 2.24) is 4.98 Å². The molecular formula is C25H16ClFN2O3S. The molecule has 3 aromatic carbocycles. The molecule has 1 saturated heterocycles. The second-order valence-electron chi connectivity index (χ2n) is 7.70. The molecule has 1 unspecified atom stereocenters. The van der Waals surface area contributed by atoms with Crippen LogP contribution in [-0.2, 0) is 9.59 Å². The lowest BCUT2D eigenvalue weighted by molar-refractivity contribution is -0.132. The van der Waals surface area contributed by atoms with Crippen LogP contribution in [0.2, 0.25) is 5.02 Å². The van der Waals surface area contributed by atoms with Gasteiger partial charge in [-0.15, -0.1) is 0 Å². The number of hydrogen-bond acceptors (Lipinski definition) is 5. The Hall–Kier alpha value is -3.55. The number of anilines is 1. The van der Waals surface area contributed by atoms with Crippen LogP contribution in [0, 0.1) is 12.7 Å². The van der Waals surface area contributed by atoms with Crippen molar-refractivity contribution in [2.24, 2.45) is 0 Å². The van der Waals surface area contributed by atoms with Gasteiger partial charge in [-0.1, -0.05) is 52.8 Å². The second kappa shape index (κ2) is 8.10. The van der Waals surface area contributed by atoms with Gasteiger partial charge in [-0.05, 0) is 55.0 Å². The summed E-state index contributed by atoms with van der Waals surface area (Å²) in [5, 5.41) is 11.8. The molecule has 1 amide bonds. The van der Waals surface area contributed by atoms with Gasteiger partial charge in [0.1, 0.15) is 11.6 Å². The Labute approximate surface area is 197 Å². The molecular weight excluding hydrogens is 463 g/mol. The van der Waals surface area contributed by atoms with E-state index in [2.05, 4.69) is 4.98 Å². The topological polar surface area (TPSA) is 70.5 Å². The highest BCUT2D eigenvalue weighted by Gasteiger charge is 2.48. The maximum absolute atomic E-state index is 13.7. The van der Waals surface area contributed by atoms with Crippen LogP contribution in [0.4, 0.5) is 9.52 Å². The van der Waals surface area contributed by atoms with E-state index < -0.39 is 23.5 Å². The van der Waals surface area contributed by atoms with Crippen molar-refractivity contribution in [3.63, 3.8) is 0 Å². The predicted octanol–water partition coefficient (Wildman–Crippen LogP) is 6.02. The minimum atomic E-state index is -0.897. The number of aromatic nitrogens is 1. The van der Waals surface area contributed by atoms with Gasteiger partial charge in [0.05, 0.1) is 21.8 Å². The molecule has 5 nitrogen and oxygen atoms in total. The standard InChI is InChI=1S/C25H16ClFN2O3S/c1-13-2-4-14(5-3-13)21-20(22(30)15-6-8-16(26)9-7-15)23(31)24(32)29(21)25-28-18-11-10-17(27)12-19(18)33-25/h2-12,21,30H,1H3. The van der Waals surface area contributed by atoms with Gasteiger partial charge in [0.25, 0.3) is 5.78 Å². The number of halogens is 2. The number of fused-ring (bicyclic) bond motifs is 1. The van der Waals surface area contributed by atoms with Crippen LogP contribution in [0.25, 0.3) is 16.0 Å². The number of ketones is 1. The number of amides is 1. The Balaban J connectivity index is 1.73. The summed E-state index contributed by atoms with van der Waals surface area (Å²) >= 11 is 7.07. The van der Waals surface area contributed by atoms with Crippen LogP contribution < -0.4 is 4.90 Å². The van der Waals surface area contributed by atoms with E-state index in [0.29, 0.717) is 26.4 Å². The zero-order chi connectivity index (χ0) is 23.3. The molecule has 33 heavy (non-hydrogen) atoms. The third-order valence-corrected chi connectivity index (χ3v) is 6.77. The lowest BCUT2D eigenvalue weighted by Gasteiger charge is -2.23. The quantitative estimate of drug-likeness (QED) is 0.222. The highest BCUT2D eigenvalue weighted by atomic mass is 35.5. The number of aliphatic hydroxyl groups excluding tert-OH is 1. The van der Waals surface area contributed by atoms with Crippen LogP contribution in [0.1, 0.15) is 22.7 Å². The average molecular weight is 479 g/mol. The number of benzene rings is 3. The van der Waals surface area contributed by atoms with Crippen molar-refractivity contribution in [2.45, 2.75) is 13.0 Å². The van der Waals surface area contributed by atoms with E-state index in [1.54, 1.807) is 36.4 Å². The summed E-state index contributed by atoms with van der Waals surface area (Å²) in [4.78, 5) is 32.1. The van der Waals surface area contributed by atoms with Crippen molar-refractivity contribution in [2.75, 3.05) is 4.90 Å². The number of carbonyl (C=O) groups excluding carboxylic acids is 2. The Morgan fingerprint density at radius 3 is 2.45 bits per heavy atom. The predicted molar refractivity (Wildman–Crippen MR) is 127 cm³/mol. The molecule has 0 aliphatic carbocycles. The minimum absolute atomic E-state index is 0.0448. The van der Waals surface area contributed by atoms with Crippen molar-refractivity contribution in [3.05, 3.63) is 99.8 Å². The Morgan fingerprint density at radius 1 is 1.06 bits per heavy atom. The van der Waals surface area contributed by atoms with Crippen molar-refractivity contribution < 1.29 is 19.1 Å². The lowest BCUT2D eigenvalue weighted by Crippen LogP contribution is -2.29. The summed E-state index contributed by atoms with van der Waals surface area (Å²) in [6.07, 6.45) is 0. The molecule has 4 aromatic rings. The molecule has 1 fully saturated rings. The number of thiazole rings is 1. The Bertz CT molecular complexity index is 1450. The molecule has 1 aromatic heterocycles. The van der Waals surface area contributed by atoms with Gasteiger partial charge < -0.3 is 5.11 Å². The maximum atomic E-state index is 13.7. The number of carbonyl (C=O) groups is 2. The van der Waals surface area contributed by atoms with E-state index in [-0.39, 0.29) is 16.5 Å². The van der Waals surface area contributed by atoms with E-state index in [4.69, 9.17) is 11.6 Å². The van der Waals surface area contributed by atoms with Crippen molar-refractivity contribution in [3.8, 4) is 0 Å². The van der Waals surface area contributed by atoms with Crippen molar-refractivity contribution in [1.29, 1.82) is 0 Å². The molecule has 0 radical (unpaired) electrons. The first-order valence-electron chi connectivity index (χ1n) is 10.0. The van der Waals surface area contributed by atoms with E-state index in [9.17, 15) is 19.1 Å². The van der Waals surface area contributed by atoms with Gasteiger partial charge in [-0.25, -0.2) is 9.37 Å². The molecule has 0 bridgehead atoms. The van der Waals surface area contributed by atoms with Crippen LogP contribution in [-0.4, -0.2) is 21.8 Å². The Morgan fingerprint density at radius 2 is 1.76 bits per heavy atom. The molecule has 0 spiro atoms. The average Bonchev–Trinajstić information content (AvgIpc) is 3.32. The highest BCUT2D eigenvalue weighted by Crippen LogP contribution is 2.44. The van der Waals surface area contributed by atoms with Gasteiger partial charge in [0.15, 0.2) is 5.13 Å². The molecule has 1 atom stereocenters. The third-order valence-electron chi connectivity index (χ3n) is 5.50. The van der Waals surface area contributed by atoms with Crippen LogP contribution in [0.3, 0.4) is 0 Å². The zero-order valence-electron chi connectivity index (χ0n) is 17.3. The fraction of sp³-hybridized carbons (Fsp3) is 0.0800. The second-order valence-corrected chi connectivity index (χ2v) is 9.14. The summed E-state index contributed by atoms with van der Waals surface area (Å²) in [7, 11) is 0. The monoisotopic (exact) mass is 478 g/mol. The summed E-state index contributed by atoms with van der Waals surface area (Å²) in [5.41, 5.74) is 2.47. The molecule has 0 saturated carbocycles. The van der Waals surface area contributed by atoms with Crippen LogP contribution in [0.15, 0.2) is 72.3 Å². The van der Waals surface area contributed by atoms with E-state index in [0.717, 1.165) is 16.9 Å². The number of Topliss-reactive ketones (excluding diaryl/α,β-unsaturated/α-hetero) is 1. The van der Waals surface area contributed by atoms with Gasteiger partial charge in [0, 0.05) is 10.6 Å². The first-order valence-corrected chi connectivity index (χ1v) is 11.2. The largest absolute Gasteiger partial charge is 0.507 e. The zero-order valence-corrected chi connectivity index (χ0v) is 18.8. The Kier molecular flexibility index (Phi) is 5.23. The molecule has 2 heterocycles. The smallest absolute Gasteiger partial charge is 0.301 e. The summed E-state index contributed by atoms with van der Waals surface area (Å²) < 4.78 is 14.3. The molecule has 1 aliphatic rings. The van der Waals surface area contributed by atoms with Gasteiger partial charge in [-0.2, -0.15) is 0 Å². The summed E-state index contributed by atoms with van der Waals surface area (Å²) in [6, 6.07) is 16.9. The van der Waals surface area contributed by atoms with Gasteiger partial charge in [-0.3, -0.25) is 14.5 Å². The van der Waals surface area contributed by atoms with Crippen molar-refractivity contribution >= 4 is 55.7 Å². The SMILES string of the molecule is Cc1ccc(C2C(=C(O)c3ccc(Cl)cc3)C(=O)C(=O)N2c2nc3ccc(F)cc3s2)cc1. The molecule has 1 aliphatic heterocycles.